The molecular formula is C22H34N2O. The van der Waals surface area contributed by atoms with Gasteiger partial charge in [0.1, 0.15) is 0 Å². The van der Waals surface area contributed by atoms with E-state index in [9.17, 15) is 4.79 Å². The number of benzene rings is 1. The number of nitrogens with one attached hydrogen (secondary N) is 1. The van der Waals surface area contributed by atoms with Gasteiger partial charge in [-0.2, -0.15) is 0 Å². The minimum Gasteiger partial charge on any atom is -0.335 e. The zero-order chi connectivity index (χ0) is 17.8. The van der Waals surface area contributed by atoms with E-state index >= 15 is 0 Å². The Morgan fingerprint density at radius 3 is 2.68 bits per heavy atom. The summed E-state index contributed by atoms with van der Waals surface area (Å²) in [6.45, 7) is 9.82. The molecule has 0 aromatic heterocycles. The molecule has 0 spiro atoms. The summed E-state index contributed by atoms with van der Waals surface area (Å²) < 4.78 is 0. The highest BCUT2D eigenvalue weighted by Crippen LogP contribution is 2.37. The lowest BCUT2D eigenvalue weighted by molar-refractivity contribution is -0.138. The van der Waals surface area contributed by atoms with Gasteiger partial charge in [0, 0.05) is 13.0 Å². The summed E-state index contributed by atoms with van der Waals surface area (Å²) in [6.07, 6.45) is 5.55. The highest BCUT2D eigenvalue weighted by Gasteiger charge is 2.34. The molecule has 2 aliphatic heterocycles. The van der Waals surface area contributed by atoms with E-state index in [4.69, 9.17) is 0 Å². The van der Waals surface area contributed by atoms with Crippen LogP contribution < -0.4 is 5.32 Å². The summed E-state index contributed by atoms with van der Waals surface area (Å²) >= 11 is 0. The Balaban J connectivity index is 1.70. The topological polar surface area (TPSA) is 32.3 Å². The molecule has 2 heterocycles. The van der Waals surface area contributed by atoms with Crippen molar-refractivity contribution in [2.45, 2.75) is 58.9 Å². The first-order valence-corrected chi connectivity index (χ1v) is 10.1. The van der Waals surface area contributed by atoms with Crippen molar-refractivity contribution in [1.29, 1.82) is 0 Å². The second kappa shape index (κ2) is 8.35. The molecule has 25 heavy (non-hydrogen) atoms. The first-order valence-electron chi connectivity index (χ1n) is 10.1. The monoisotopic (exact) mass is 342 g/mol. The van der Waals surface area contributed by atoms with E-state index in [0.29, 0.717) is 30.1 Å². The van der Waals surface area contributed by atoms with Crippen molar-refractivity contribution < 1.29 is 4.79 Å². The average molecular weight is 343 g/mol. The number of carbonyl (C=O) groups is 1. The lowest BCUT2D eigenvalue weighted by Crippen LogP contribution is -2.43. The van der Waals surface area contributed by atoms with Gasteiger partial charge in [-0.25, -0.2) is 0 Å². The van der Waals surface area contributed by atoms with Gasteiger partial charge in [-0.3, -0.25) is 4.79 Å². The fourth-order valence-electron chi connectivity index (χ4n) is 4.66. The van der Waals surface area contributed by atoms with E-state index in [-0.39, 0.29) is 6.04 Å². The van der Waals surface area contributed by atoms with E-state index in [1.165, 1.54) is 30.4 Å². The molecule has 0 bridgehead atoms. The number of hydrogen-bond acceptors (Lipinski definition) is 2. The van der Waals surface area contributed by atoms with E-state index < -0.39 is 0 Å². The number of amides is 1. The second-order valence-electron chi connectivity index (χ2n) is 8.35. The number of aryl methyl sites for hydroxylation is 1. The van der Waals surface area contributed by atoms with Gasteiger partial charge in [-0.15, -0.1) is 0 Å². The van der Waals surface area contributed by atoms with Crippen LogP contribution in [0.25, 0.3) is 0 Å². The highest BCUT2D eigenvalue weighted by molar-refractivity contribution is 5.77. The average Bonchev–Trinajstić information content (AvgIpc) is 2.63. The van der Waals surface area contributed by atoms with Gasteiger partial charge >= 0.3 is 0 Å². The smallest absolute Gasteiger partial charge is 0.223 e. The van der Waals surface area contributed by atoms with Crippen molar-refractivity contribution in [3.63, 3.8) is 0 Å². The summed E-state index contributed by atoms with van der Waals surface area (Å²) in [6, 6.07) is 9.04. The largest absolute Gasteiger partial charge is 0.335 e. The van der Waals surface area contributed by atoms with Crippen LogP contribution in [0.3, 0.4) is 0 Å². The fraction of sp³-hybridized carbons (Fsp3) is 0.682. The normalized spacial score (nSPS) is 28.6. The van der Waals surface area contributed by atoms with Crippen LogP contribution in [0, 0.1) is 24.7 Å². The lowest BCUT2D eigenvalue weighted by atomic mass is 9.83. The quantitative estimate of drug-likeness (QED) is 0.884. The number of piperidine rings is 2. The second-order valence-corrected chi connectivity index (χ2v) is 8.35. The molecule has 1 N–H and O–H groups in total. The van der Waals surface area contributed by atoms with Crippen molar-refractivity contribution >= 4 is 5.91 Å². The van der Waals surface area contributed by atoms with Crippen molar-refractivity contribution in [1.82, 2.24) is 10.2 Å². The van der Waals surface area contributed by atoms with Gasteiger partial charge in [0.15, 0.2) is 0 Å². The van der Waals surface area contributed by atoms with E-state index in [1.807, 2.05) is 0 Å². The molecule has 0 aliphatic carbocycles. The third-order valence-corrected chi connectivity index (χ3v) is 6.31. The number of rotatable bonds is 4. The van der Waals surface area contributed by atoms with Crippen LogP contribution in [-0.4, -0.2) is 30.4 Å². The first-order chi connectivity index (χ1) is 12.1. The Morgan fingerprint density at radius 1 is 1.24 bits per heavy atom. The Hall–Kier alpha value is -1.35. The zero-order valence-electron chi connectivity index (χ0n) is 16.1. The maximum Gasteiger partial charge on any atom is 0.223 e. The Morgan fingerprint density at radius 2 is 2.00 bits per heavy atom. The van der Waals surface area contributed by atoms with Crippen LogP contribution in [-0.2, 0) is 4.79 Å². The molecule has 0 radical (unpaired) electrons. The van der Waals surface area contributed by atoms with Crippen LogP contribution >= 0.6 is 0 Å². The van der Waals surface area contributed by atoms with Crippen molar-refractivity contribution in [3.8, 4) is 0 Å². The fourth-order valence-corrected chi connectivity index (χ4v) is 4.66. The Labute approximate surface area is 153 Å². The van der Waals surface area contributed by atoms with Crippen LogP contribution in [0.4, 0.5) is 0 Å². The summed E-state index contributed by atoms with van der Waals surface area (Å²) in [5, 5.41) is 3.49. The Kier molecular flexibility index (Phi) is 6.16. The van der Waals surface area contributed by atoms with Crippen LogP contribution in [0.5, 0.6) is 0 Å². The molecule has 2 fully saturated rings. The first kappa shape index (κ1) is 18.4. The summed E-state index contributed by atoms with van der Waals surface area (Å²) in [7, 11) is 0. The number of likely N-dealkylation sites (tertiary alicyclic amines) is 1. The molecule has 3 nitrogen and oxygen atoms in total. The molecule has 1 aromatic carbocycles. The Bertz CT molecular complexity index is 562. The third kappa shape index (κ3) is 4.44. The van der Waals surface area contributed by atoms with Gasteiger partial charge < -0.3 is 10.2 Å². The number of nitrogens with zero attached hydrogens (tertiary/aromatic N) is 1. The predicted molar refractivity (Wildman–Crippen MR) is 103 cm³/mol. The van der Waals surface area contributed by atoms with Crippen molar-refractivity contribution in [2.24, 2.45) is 17.8 Å². The number of carbonyl (C=O) groups excluding carboxylic acids is 1. The molecular weight excluding hydrogens is 308 g/mol. The molecule has 2 aliphatic rings. The SMILES string of the molecule is Cc1ccc(C2C(C)CCCN2C(=O)CC(C)C2CCCNC2)cc1. The highest BCUT2D eigenvalue weighted by atomic mass is 16.2. The number of hydrogen-bond donors (Lipinski definition) is 1. The van der Waals surface area contributed by atoms with Gasteiger partial charge in [0.2, 0.25) is 5.91 Å². The summed E-state index contributed by atoms with van der Waals surface area (Å²) in [5.74, 6) is 2.01. The third-order valence-electron chi connectivity index (χ3n) is 6.31. The summed E-state index contributed by atoms with van der Waals surface area (Å²) in [4.78, 5) is 15.3. The minimum atomic E-state index is 0.249. The molecule has 1 aromatic rings. The minimum absolute atomic E-state index is 0.249. The van der Waals surface area contributed by atoms with Gasteiger partial charge in [0.05, 0.1) is 6.04 Å². The van der Waals surface area contributed by atoms with Crippen molar-refractivity contribution in [2.75, 3.05) is 19.6 Å². The van der Waals surface area contributed by atoms with Crippen LogP contribution in [0.1, 0.15) is 63.1 Å². The molecule has 3 heteroatoms. The van der Waals surface area contributed by atoms with E-state index in [2.05, 4.69) is 55.3 Å². The standard InChI is InChI=1S/C22H34N2O/c1-16-8-10-19(11-9-16)22-17(2)6-5-13-24(22)21(25)14-18(3)20-7-4-12-23-15-20/h8-11,17-18,20,22-23H,4-7,12-15H2,1-3H3. The van der Waals surface area contributed by atoms with E-state index in [1.54, 1.807) is 0 Å². The molecule has 138 valence electrons. The summed E-state index contributed by atoms with van der Waals surface area (Å²) in [5.41, 5.74) is 2.58. The molecule has 4 atom stereocenters. The molecule has 0 saturated carbocycles. The molecule has 2 saturated heterocycles. The maximum absolute atomic E-state index is 13.2. The predicted octanol–water partition coefficient (Wildman–Crippen LogP) is 4.32. The molecule has 1 amide bonds. The van der Waals surface area contributed by atoms with Gasteiger partial charge in [0.25, 0.3) is 0 Å². The maximum atomic E-state index is 13.2. The van der Waals surface area contributed by atoms with Gasteiger partial charge in [-0.05, 0) is 69.0 Å². The zero-order valence-corrected chi connectivity index (χ0v) is 16.1. The van der Waals surface area contributed by atoms with Crippen molar-refractivity contribution in [3.05, 3.63) is 35.4 Å². The van der Waals surface area contributed by atoms with Crippen LogP contribution in [0.2, 0.25) is 0 Å². The molecule has 3 rings (SSSR count). The van der Waals surface area contributed by atoms with E-state index in [0.717, 1.165) is 26.1 Å². The lowest BCUT2D eigenvalue weighted by Gasteiger charge is -2.41. The van der Waals surface area contributed by atoms with Gasteiger partial charge in [-0.1, -0.05) is 43.7 Å². The molecule has 4 unspecified atom stereocenters. The van der Waals surface area contributed by atoms with Crippen LogP contribution in [0.15, 0.2) is 24.3 Å².